The molecule has 0 bridgehead atoms. The highest BCUT2D eigenvalue weighted by molar-refractivity contribution is 7.25. The summed E-state index contributed by atoms with van der Waals surface area (Å²) in [5.41, 5.74) is 1.94. The van der Waals surface area contributed by atoms with Crippen molar-refractivity contribution in [2.75, 3.05) is 5.32 Å². The quantitative estimate of drug-likeness (QED) is 0.406. The van der Waals surface area contributed by atoms with E-state index in [1.807, 2.05) is 61.5 Å². The molecule has 0 fully saturated rings. The van der Waals surface area contributed by atoms with Crippen LogP contribution >= 0.6 is 11.3 Å². The first-order valence-corrected chi connectivity index (χ1v) is 11.8. The van der Waals surface area contributed by atoms with Crippen LogP contribution in [-0.2, 0) is 24.3 Å². The molecule has 5 rings (SSSR count). The van der Waals surface area contributed by atoms with Crippen LogP contribution in [0.3, 0.4) is 0 Å². The average molecular weight is 471 g/mol. The molecule has 1 amide bonds. The molecule has 8 heteroatoms. The molecule has 0 aliphatic heterocycles. The molecule has 0 atom stereocenters. The zero-order valence-corrected chi connectivity index (χ0v) is 19.3. The average Bonchev–Trinajstić information content (AvgIpc) is 3.25. The Bertz CT molecular complexity index is 1630. The van der Waals surface area contributed by atoms with E-state index >= 15 is 0 Å². The zero-order valence-electron chi connectivity index (χ0n) is 18.5. The molecule has 0 aliphatic rings. The number of nitrogens with one attached hydrogen (secondary N) is 1. The van der Waals surface area contributed by atoms with Crippen LogP contribution in [0.2, 0.25) is 0 Å². The van der Waals surface area contributed by atoms with Crippen molar-refractivity contribution in [2.45, 2.75) is 26.4 Å². The number of pyridine rings is 1. The molecule has 0 spiro atoms. The van der Waals surface area contributed by atoms with Crippen LogP contribution in [0.4, 0.5) is 5.69 Å². The van der Waals surface area contributed by atoms with Crippen LogP contribution in [0.15, 0.2) is 82.5 Å². The fourth-order valence-electron chi connectivity index (χ4n) is 4.05. The largest absolute Gasteiger partial charge is 0.332 e. The van der Waals surface area contributed by atoms with Crippen molar-refractivity contribution in [1.82, 2.24) is 14.1 Å². The molecule has 34 heavy (non-hydrogen) atoms. The van der Waals surface area contributed by atoms with Gasteiger partial charge in [0.25, 0.3) is 5.56 Å². The van der Waals surface area contributed by atoms with Gasteiger partial charge in [0.05, 0.1) is 17.8 Å². The van der Waals surface area contributed by atoms with Crippen molar-refractivity contribution >= 4 is 43.2 Å². The van der Waals surface area contributed by atoms with Crippen molar-refractivity contribution in [2.24, 2.45) is 0 Å². The van der Waals surface area contributed by atoms with Crippen molar-refractivity contribution < 1.29 is 4.79 Å². The molecular weight excluding hydrogens is 448 g/mol. The minimum Gasteiger partial charge on any atom is -0.325 e. The number of aromatic nitrogens is 3. The number of hydrogen-bond donors (Lipinski definition) is 1. The minimum atomic E-state index is -0.538. The third kappa shape index (κ3) is 4.04. The number of rotatable bonds is 6. The highest BCUT2D eigenvalue weighted by Crippen LogP contribution is 2.30. The number of benzene rings is 2. The van der Waals surface area contributed by atoms with Gasteiger partial charge in [0.15, 0.2) is 0 Å². The lowest BCUT2D eigenvalue weighted by atomic mass is 10.1. The summed E-state index contributed by atoms with van der Waals surface area (Å²) < 4.78 is 3.88. The second-order valence-corrected chi connectivity index (χ2v) is 9.01. The summed E-state index contributed by atoms with van der Waals surface area (Å²) in [5.74, 6) is -0.338. The summed E-state index contributed by atoms with van der Waals surface area (Å²) in [5, 5.41) is 3.67. The van der Waals surface area contributed by atoms with Gasteiger partial charge in [0.2, 0.25) is 5.91 Å². The summed E-state index contributed by atoms with van der Waals surface area (Å²) in [4.78, 5) is 44.2. The van der Waals surface area contributed by atoms with Crippen molar-refractivity contribution in [3.05, 3.63) is 105 Å². The van der Waals surface area contributed by atoms with E-state index in [4.69, 9.17) is 0 Å². The predicted octanol–water partition coefficient (Wildman–Crippen LogP) is 4.02. The van der Waals surface area contributed by atoms with E-state index in [1.54, 1.807) is 18.3 Å². The summed E-state index contributed by atoms with van der Waals surface area (Å²) >= 11 is 1.33. The molecule has 5 aromatic rings. The molecule has 2 aromatic carbocycles. The second-order valence-electron chi connectivity index (χ2n) is 7.96. The summed E-state index contributed by atoms with van der Waals surface area (Å²) in [6.45, 7) is 1.86. The van der Waals surface area contributed by atoms with Crippen molar-refractivity contribution in [1.29, 1.82) is 0 Å². The van der Waals surface area contributed by atoms with Gasteiger partial charge in [-0.2, -0.15) is 0 Å². The van der Waals surface area contributed by atoms with Gasteiger partial charge in [-0.1, -0.05) is 43.3 Å². The maximum Gasteiger partial charge on any atom is 0.332 e. The van der Waals surface area contributed by atoms with Gasteiger partial charge in [-0.25, -0.2) is 4.79 Å². The molecule has 3 aromatic heterocycles. The highest BCUT2D eigenvalue weighted by atomic mass is 32.1. The number of carbonyl (C=O) groups excluding carboxylic acids is 1. The zero-order chi connectivity index (χ0) is 23.7. The number of amides is 1. The first kappa shape index (κ1) is 21.8. The highest BCUT2D eigenvalue weighted by Gasteiger charge is 2.20. The summed E-state index contributed by atoms with van der Waals surface area (Å²) in [6.07, 6.45) is 2.47. The molecule has 0 radical (unpaired) electrons. The van der Waals surface area contributed by atoms with Crippen LogP contribution < -0.4 is 16.6 Å². The number of aryl methyl sites for hydroxylation is 1. The lowest BCUT2D eigenvalue weighted by Gasteiger charge is -2.13. The molecule has 170 valence electrons. The first-order chi connectivity index (χ1) is 16.5. The van der Waals surface area contributed by atoms with Crippen LogP contribution in [-0.4, -0.2) is 20.0 Å². The number of anilines is 1. The van der Waals surface area contributed by atoms with Crippen LogP contribution in [0, 0.1) is 0 Å². The summed E-state index contributed by atoms with van der Waals surface area (Å²) in [7, 11) is 0. The van der Waals surface area contributed by atoms with E-state index in [9.17, 15) is 14.4 Å². The van der Waals surface area contributed by atoms with Gasteiger partial charge < -0.3 is 5.32 Å². The third-order valence-corrected chi connectivity index (χ3v) is 6.86. The van der Waals surface area contributed by atoms with E-state index < -0.39 is 5.69 Å². The van der Waals surface area contributed by atoms with Gasteiger partial charge >= 0.3 is 5.69 Å². The van der Waals surface area contributed by atoms with Gasteiger partial charge in [-0.15, -0.1) is 11.3 Å². The minimum absolute atomic E-state index is 0.0306. The molecule has 3 heterocycles. The van der Waals surface area contributed by atoms with Crippen molar-refractivity contribution in [3.8, 4) is 0 Å². The van der Waals surface area contributed by atoms with Crippen molar-refractivity contribution in [3.63, 3.8) is 0 Å². The predicted molar refractivity (Wildman–Crippen MR) is 136 cm³/mol. The summed E-state index contributed by atoms with van der Waals surface area (Å²) in [6, 6.07) is 20.5. The fraction of sp³-hybridized carbons (Fsp3) is 0.154. The van der Waals surface area contributed by atoms with Gasteiger partial charge in [-0.3, -0.25) is 23.7 Å². The Balaban J connectivity index is 1.63. The molecular formula is C26H22N4O3S. The Morgan fingerprint density at radius 3 is 2.62 bits per heavy atom. The molecule has 0 saturated heterocycles. The van der Waals surface area contributed by atoms with Crippen LogP contribution in [0.1, 0.15) is 18.2 Å². The Hall–Kier alpha value is -4.04. The second kappa shape index (κ2) is 9.07. The Morgan fingerprint density at radius 2 is 1.82 bits per heavy atom. The number of carbonyl (C=O) groups is 1. The SMILES string of the molecule is CCc1cccc(NC(=O)Cn2c(=O)n(Cc3ccccn3)c(=O)c3sc4ccccc4c32)c1. The lowest BCUT2D eigenvalue weighted by Crippen LogP contribution is -2.41. The van der Waals surface area contributed by atoms with Gasteiger partial charge in [-0.05, 0) is 42.3 Å². The normalized spacial score (nSPS) is 11.2. The maximum absolute atomic E-state index is 13.6. The molecule has 0 unspecified atom stereocenters. The topological polar surface area (TPSA) is 86.0 Å². The van der Waals surface area contributed by atoms with Crippen LogP contribution in [0.5, 0.6) is 0 Å². The number of thiophene rings is 1. The monoisotopic (exact) mass is 470 g/mol. The van der Waals surface area contributed by atoms with E-state index in [2.05, 4.69) is 10.3 Å². The number of fused-ring (bicyclic) bond motifs is 3. The van der Waals surface area contributed by atoms with Gasteiger partial charge in [0.1, 0.15) is 11.2 Å². The van der Waals surface area contributed by atoms with E-state index in [-0.39, 0.29) is 24.6 Å². The van der Waals surface area contributed by atoms with Crippen LogP contribution in [0.25, 0.3) is 20.3 Å². The number of hydrogen-bond acceptors (Lipinski definition) is 5. The number of nitrogens with zero attached hydrogens (tertiary/aromatic N) is 3. The molecule has 0 aliphatic carbocycles. The Morgan fingerprint density at radius 1 is 1.00 bits per heavy atom. The van der Waals surface area contributed by atoms with E-state index in [1.165, 1.54) is 15.9 Å². The maximum atomic E-state index is 13.6. The third-order valence-electron chi connectivity index (χ3n) is 5.71. The molecule has 1 N–H and O–H groups in total. The first-order valence-electron chi connectivity index (χ1n) is 11.0. The fourth-order valence-corrected chi connectivity index (χ4v) is 5.20. The standard InChI is InChI=1S/C26H22N4O3S/c1-2-17-8-7-10-18(14-17)28-22(31)16-29-23-20-11-3-4-12-21(20)34-24(23)25(32)30(26(29)33)15-19-9-5-6-13-27-19/h3-14H,2,15-16H2,1H3,(H,28,31). The lowest BCUT2D eigenvalue weighted by molar-refractivity contribution is -0.116. The van der Waals surface area contributed by atoms with Gasteiger partial charge in [0, 0.05) is 22.0 Å². The Labute approximate surface area is 198 Å². The Kier molecular flexibility index (Phi) is 5.81. The molecule has 7 nitrogen and oxygen atoms in total. The van der Waals surface area contributed by atoms with E-state index in [0.29, 0.717) is 21.6 Å². The smallest absolute Gasteiger partial charge is 0.325 e. The molecule has 0 saturated carbocycles. The van der Waals surface area contributed by atoms with E-state index in [0.717, 1.165) is 26.6 Å².